The molecule has 0 aromatic heterocycles. The molecule has 2 heteroatoms. The molecule has 0 amide bonds. The Morgan fingerprint density at radius 3 is 2.83 bits per heavy atom. The molecule has 0 saturated heterocycles. The summed E-state index contributed by atoms with van der Waals surface area (Å²) in [5, 5.41) is 0. The fourth-order valence-electron chi connectivity index (χ4n) is 0.997. The Morgan fingerprint density at radius 2 is 2.17 bits per heavy atom. The lowest BCUT2D eigenvalue weighted by atomic mass is 10.2. The van der Waals surface area contributed by atoms with Crippen molar-refractivity contribution in [1.29, 1.82) is 0 Å². The molecule has 1 heterocycles. The van der Waals surface area contributed by atoms with Gasteiger partial charge in [-0.15, -0.1) is 0 Å². The quantitative estimate of drug-likeness (QED) is 0.603. The molecular formula is C10H15OP. The van der Waals surface area contributed by atoms with Crippen LogP contribution in [0.3, 0.4) is 0 Å². The van der Waals surface area contributed by atoms with E-state index in [2.05, 4.69) is 36.8 Å². The summed E-state index contributed by atoms with van der Waals surface area (Å²) in [7, 11) is -0.444. The van der Waals surface area contributed by atoms with Crippen LogP contribution in [-0.2, 0) is 4.52 Å². The molecule has 0 fully saturated rings. The average Bonchev–Trinajstić information content (AvgIpc) is 2.31. The third kappa shape index (κ3) is 2.92. The van der Waals surface area contributed by atoms with Gasteiger partial charge >= 0.3 is 0 Å². The van der Waals surface area contributed by atoms with Crippen LogP contribution in [0.4, 0.5) is 0 Å². The summed E-state index contributed by atoms with van der Waals surface area (Å²) in [6.07, 6.45) is 7.51. The van der Waals surface area contributed by atoms with E-state index in [1.165, 1.54) is 5.57 Å². The summed E-state index contributed by atoms with van der Waals surface area (Å²) in [6.45, 7) is 4.99. The molecule has 66 valence electrons. The molecule has 0 spiro atoms. The van der Waals surface area contributed by atoms with Gasteiger partial charge in [0.15, 0.2) is 0 Å². The van der Waals surface area contributed by atoms with Crippen molar-refractivity contribution in [3.63, 3.8) is 0 Å². The molecule has 0 radical (unpaired) electrons. The maximum atomic E-state index is 5.51. The van der Waals surface area contributed by atoms with Gasteiger partial charge in [0, 0.05) is 6.61 Å². The van der Waals surface area contributed by atoms with Crippen LogP contribution in [0.2, 0.25) is 0 Å². The first-order valence-electron chi connectivity index (χ1n) is 4.33. The summed E-state index contributed by atoms with van der Waals surface area (Å²) in [5.41, 5.74) is 1.37. The molecule has 0 aromatic carbocycles. The lowest BCUT2D eigenvalue weighted by molar-refractivity contribution is 0.387. The topological polar surface area (TPSA) is 9.23 Å². The number of hydrogen-bond donors (Lipinski definition) is 0. The third-order valence-electron chi connectivity index (χ3n) is 1.67. The maximum Gasteiger partial charge on any atom is 0.0769 e. The first kappa shape index (κ1) is 9.70. The van der Waals surface area contributed by atoms with Crippen LogP contribution >= 0.6 is 8.15 Å². The first-order chi connectivity index (χ1) is 5.86. The second kappa shape index (κ2) is 5.29. The smallest absolute Gasteiger partial charge is 0.0769 e. The molecule has 1 nitrogen and oxygen atoms in total. The van der Waals surface area contributed by atoms with Crippen LogP contribution in [-0.4, -0.2) is 6.61 Å². The van der Waals surface area contributed by atoms with Gasteiger partial charge in [0.1, 0.15) is 0 Å². The van der Waals surface area contributed by atoms with E-state index in [9.17, 15) is 0 Å². The van der Waals surface area contributed by atoms with Crippen molar-refractivity contribution in [3.05, 3.63) is 35.4 Å². The number of allylic oxidation sites excluding steroid dienone is 4. The van der Waals surface area contributed by atoms with Gasteiger partial charge in [-0.2, -0.15) is 0 Å². The van der Waals surface area contributed by atoms with Gasteiger partial charge in [0.05, 0.1) is 8.15 Å². The zero-order valence-corrected chi connectivity index (χ0v) is 8.55. The standard InChI is InChI=1S/C10H15OP/c1-3-10-6-5-8-12(9-7-10)11-4-2/h5-9H,3-4H2,1-2H3. The van der Waals surface area contributed by atoms with Crippen LogP contribution in [0.15, 0.2) is 35.4 Å². The summed E-state index contributed by atoms with van der Waals surface area (Å²) < 4.78 is 5.51. The van der Waals surface area contributed by atoms with Crippen LogP contribution in [0.5, 0.6) is 0 Å². The van der Waals surface area contributed by atoms with Crippen molar-refractivity contribution in [2.75, 3.05) is 6.61 Å². The van der Waals surface area contributed by atoms with Gasteiger partial charge in [0.2, 0.25) is 0 Å². The highest BCUT2D eigenvalue weighted by atomic mass is 31.1. The van der Waals surface area contributed by atoms with Gasteiger partial charge in [-0.1, -0.05) is 25.2 Å². The number of hydrogen-bond acceptors (Lipinski definition) is 1. The van der Waals surface area contributed by atoms with Gasteiger partial charge in [-0.25, -0.2) is 0 Å². The van der Waals surface area contributed by atoms with Crippen molar-refractivity contribution in [2.24, 2.45) is 0 Å². The molecule has 1 aliphatic rings. The van der Waals surface area contributed by atoms with Gasteiger partial charge < -0.3 is 4.52 Å². The summed E-state index contributed by atoms with van der Waals surface area (Å²) in [4.78, 5) is 0. The van der Waals surface area contributed by atoms with Crippen LogP contribution in [0.25, 0.3) is 0 Å². The summed E-state index contributed by atoms with van der Waals surface area (Å²) >= 11 is 0. The minimum absolute atomic E-state index is 0.444. The fraction of sp³-hybridized carbons (Fsp3) is 0.400. The van der Waals surface area contributed by atoms with Gasteiger partial charge in [-0.3, -0.25) is 0 Å². The Bertz CT molecular complexity index is 216. The largest absolute Gasteiger partial charge is 0.351 e. The number of rotatable bonds is 3. The van der Waals surface area contributed by atoms with Crippen LogP contribution in [0, 0.1) is 0 Å². The molecule has 0 aromatic rings. The van der Waals surface area contributed by atoms with Gasteiger partial charge in [-0.05, 0) is 30.6 Å². The van der Waals surface area contributed by atoms with E-state index in [0.29, 0.717) is 0 Å². The van der Waals surface area contributed by atoms with E-state index in [0.717, 1.165) is 13.0 Å². The molecule has 0 aliphatic carbocycles. The summed E-state index contributed by atoms with van der Waals surface area (Å²) in [5.74, 6) is 4.30. The Balaban J connectivity index is 2.57. The molecule has 0 N–H and O–H groups in total. The van der Waals surface area contributed by atoms with Crippen molar-refractivity contribution < 1.29 is 4.52 Å². The van der Waals surface area contributed by atoms with Gasteiger partial charge in [0.25, 0.3) is 0 Å². The lowest BCUT2D eigenvalue weighted by Crippen LogP contribution is -1.77. The second-order valence-electron chi connectivity index (χ2n) is 2.53. The van der Waals surface area contributed by atoms with E-state index in [1.807, 2.05) is 6.92 Å². The molecule has 1 atom stereocenters. The Labute approximate surface area is 75.6 Å². The zero-order valence-electron chi connectivity index (χ0n) is 7.66. The van der Waals surface area contributed by atoms with E-state index in [4.69, 9.17) is 4.52 Å². The minimum atomic E-state index is -0.444. The van der Waals surface area contributed by atoms with Crippen molar-refractivity contribution in [2.45, 2.75) is 20.3 Å². The third-order valence-corrected chi connectivity index (χ3v) is 3.13. The Morgan fingerprint density at radius 1 is 1.33 bits per heavy atom. The molecule has 1 aliphatic heterocycles. The lowest BCUT2D eigenvalue weighted by Gasteiger charge is -2.04. The van der Waals surface area contributed by atoms with Crippen LogP contribution in [0.1, 0.15) is 20.3 Å². The molecular weight excluding hydrogens is 167 g/mol. The maximum absolute atomic E-state index is 5.51. The van der Waals surface area contributed by atoms with E-state index in [-0.39, 0.29) is 0 Å². The van der Waals surface area contributed by atoms with Crippen molar-refractivity contribution in [1.82, 2.24) is 0 Å². The molecule has 12 heavy (non-hydrogen) atoms. The molecule has 1 unspecified atom stereocenters. The molecule has 1 rings (SSSR count). The Hall–Kier alpha value is -0.390. The van der Waals surface area contributed by atoms with E-state index in [1.54, 1.807) is 0 Å². The SMILES string of the molecule is CCOP1C=CC=C(CC)C=C1. The summed E-state index contributed by atoms with van der Waals surface area (Å²) in [6, 6.07) is 0. The minimum Gasteiger partial charge on any atom is -0.351 e. The fourth-order valence-corrected chi connectivity index (χ4v) is 2.16. The predicted molar refractivity (Wildman–Crippen MR) is 55.2 cm³/mol. The van der Waals surface area contributed by atoms with E-state index >= 15 is 0 Å². The Kier molecular flexibility index (Phi) is 4.27. The zero-order chi connectivity index (χ0) is 8.81. The highest BCUT2D eigenvalue weighted by molar-refractivity contribution is 7.59. The average molecular weight is 182 g/mol. The van der Waals surface area contributed by atoms with Crippen molar-refractivity contribution in [3.8, 4) is 0 Å². The molecule has 0 saturated carbocycles. The van der Waals surface area contributed by atoms with E-state index < -0.39 is 8.15 Å². The van der Waals surface area contributed by atoms with Crippen molar-refractivity contribution >= 4 is 8.15 Å². The van der Waals surface area contributed by atoms with Crippen LogP contribution < -0.4 is 0 Å². The highest BCUT2D eigenvalue weighted by Gasteiger charge is 2.00. The first-order valence-corrected chi connectivity index (χ1v) is 5.73. The highest BCUT2D eigenvalue weighted by Crippen LogP contribution is 2.41. The normalized spacial score (nSPS) is 22.2. The monoisotopic (exact) mass is 182 g/mol. The molecule has 0 bridgehead atoms. The second-order valence-corrected chi connectivity index (χ2v) is 4.10. The predicted octanol–water partition coefficient (Wildman–Crippen LogP) is 3.80.